The minimum absolute atomic E-state index is 0.208. The summed E-state index contributed by atoms with van der Waals surface area (Å²) in [4.78, 5) is 28.6. The van der Waals surface area contributed by atoms with Gasteiger partial charge in [-0.15, -0.1) is 0 Å². The molecular formula is C36H37FN2O5. The molecule has 8 heteroatoms. The summed E-state index contributed by atoms with van der Waals surface area (Å²) >= 11 is 0. The van der Waals surface area contributed by atoms with Crippen LogP contribution in [0.3, 0.4) is 0 Å². The van der Waals surface area contributed by atoms with Gasteiger partial charge in [0.15, 0.2) is 17.3 Å². The number of unbranched alkanes of at least 4 members (excludes halogenated alkanes) is 1. The lowest BCUT2D eigenvalue weighted by atomic mass is 9.98. The van der Waals surface area contributed by atoms with E-state index in [1.165, 1.54) is 48.1 Å². The molecule has 44 heavy (non-hydrogen) atoms. The quantitative estimate of drug-likeness (QED) is 0.145. The molecule has 0 fully saturated rings. The highest BCUT2D eigenvalue weighted by Crippen LogP contribution is 2.33. The number of amides is 1. The number of nitrogens with one attached hydrogen (secondary N) is 1. The molecule has 0 aliphatic carbocycles. The van der Waals surface area contributed by atoms with Crippen LogP contribution >= 0.6 is 0 Å². The van der Waals surface area contributed by atoms with Crippen LogP contribution in [0.1, 0.15) is 55.8 Å². The Kier molecular flexibility index (Phi) is 9.92. The minimum atomic E-state index is -0.498. The van der Waals surface area contributed by atoms with Gasteiger partial charge in [0.05, 0.1) is 26.9 Å². The fourth-order valence-electron chi connectivity index (χ4n) is 5.57. The molecule has 1 heterocycles. The largest absolute Gasteiger partial charge is 0.496 e. The van der Waals surface area contributed by atoms with E-state index in [4.69, 9.17) is 14.2 Å². The average molecular weight is 597 g/mol. The monoisotopic (exact) mass is 596 g/mol. The zero-order valence-corrected chi connectivity index (χ0v) is 25.3. The van der Waals surface area contributed by atoms with E-state index in [0.717, 1.165) is 56.8 Å². The number of halogens is 1. The van der Waals surface area contributed by atoms with Crippen molar-refractivity contribution in [3.05, 3.63) is 118 Å². The highest BCUT2D eigenvalue weighted by molar-refractivity contribution is 6.12. The van der Waals surface area contributed by atoms with Gasteiger partial charge in [0.25, 0.3) is 5.91 Å². The molecule has 0 saturated heterocycles. The van der Waals surface area contributed by atoms with Gasteiger partial charge in [0.1, 0.15) is 11.6 Å². The van der Waals surface area contributed by atoms with Crippen LogP contribution in [0.15, 0.2) is 78.9 Å². The number of anilines is 1. The highest BCUT2D eigenvalue weighted by atomic mass is 19.1. The van der Waals surface area contributed by atoms with Gasteiger partial charge >= 0.3 is 0 Å². The van der Waals surface area contributed by atoms with Gasteiger partial charge in [-0.1, -0.05) is 24.3 Å². The Balaban J connectivity index is 1.13. The first kappa shape index (κ1) is 30.8. The van der Waals surface area contributed by atoms with E-state index in [-0.39, 0.29) is 22.5 Å². The molecular weight excluding hydrogens is 559 g/mol. The lowest BCUT2D eigenvalue weighted by molar-refractivity contribution is 0.102. The first-order chi connectivity index (χ1) is 21.4. The summed E-state index contributed by atoms with van der Waals surface area (Å²) in [7, 11) is 4.81. The van der Waals surface area contributed by atoms with Crippen molar-refractivity contribution in [2.75, 3.05) is 39.7 Å². The van der Waals surface area contributed by atoms with Gasteiger partial charge in [-0.3, -0.25) is 14.5 Å². The van der Waals surface area contributed by atoms with Crippen molar-refractivity contribution in [1.29, 1.82) is 0 Å². The Morgan fingerprint density at radius 1 is 0.795 bits per heavy atom. The van der Waals surface area contributed by atoms with E-state index in [1.807, 2.05) is 24.3 Å². The number of nitrogens with zero attached hydrogens (tertiary/aromatic N) is 1. The number of rotatable bonds is 12. The smallest absolute Gasteiger partial charge is 0.259 e. The van der Waals surface area contributed by atoms with Crippen LogP contribution in [-0.4, -0.2) is 51.0 Å². The third-order valence-electron chi connectivity index (χ3n) is 7.99. The maximum Gasteiger partial charge on any atom is 0.259 e. The molecule has 0 radical (unpaired) electrons. The van der Waals surface area contributed by atoms with E-state index in [2.05, 4.69) is 22.3 Å². The van der Waals surface area contributed by atoms with Crippen molar-refractivity contribution in [1.82, 2.24) is 4.90 Å². The molecule has 0 saturated carbocycles. The molecule has 4 aromatic rings. The van der Waals surface area contributed by atoms with Crippen molar-refractivity contribution in [2.24, 2.45) is 0 Å². The van der Waals surface area contributed by atoms with E-state index in [0.29, 0.717) is 11.4 Å². The van der Waals surface area contributed by atoms with Gasteiger partial charge in [0, 0.05) is 29.9 Å². The Morgan fingerprint density at radius 3 is 2.20 bits per heavy atom. The normalized spacial score (nSPS) is 12.7. The van der Waals surface area contributed by atoms with Crippen molar-refractivity contribution in [2.45, 2.75) is 32.2 Å². The summed E-state index contributed by atoms with van der Waals surface area (Å²) in [5.41, 5.74) is 5.16. The van der Waals surface area contributed by atoms with Gasteiger partial charge in [-0.2, -0.15) is 0 Å². The van der Waals surface area contributed by atoms with Crippen molar-refractivity contribution >= 4 is 17.4 Å². The lowest BCUT2D eigenvalue weighted by Crippen LogP contribution is -2.31. The van der Waals surface area contributed by atoms with Crippen LogP contribution in [0.4, 0.5) is 10.1 Å². The zero-order valence-electron chi connectivity index (χ0n) is 25.3. The Labute approximate surface area is 257 Å². The first-order valence-corrected chi connectivity index (χ1v) is 14.7. The third kappa shape index (κ3) is 7.26. The number of hydrogen-bond acceptors (Lipinski definition) is 6. The molecule has 7 nitrogen and oxygen atoms in total. The molecule has 0 aromatic heterocycles. The van der Waals surface area contributed by atoms with Gasteiger partial charge in [0.2, 0.25) is 0 Å². The predicted molar refractivity (Wildman–Crippen MR) is 169 cm³/mol. The summed E-state index contributed by atoms with van der Waals surface area (Å²) < 4.78 is 30.0. The second kappa shape index (κ2) is 14.2. The van der Waals surface area contributed by atoms with Crippen LogP contribution < -0.4 is 19.5 Å². The number of benzene rings is 4. The van der Waals surface area contributed by atoms with E-state index in [9.17, 15) is 14.0 Å². The molecule has 228 valence electrons. The van der Waals surface area contributed by atoms with E-state index >= 15 is 0 Å². The van der Waals surface area contributed by atoms with Crippen LogP contribution in [0.2, 0.25) is 0 Å². The minimum Gasteiger partial charge on any atom is -0.496 e. The van der Waals surface area contributed by atoms with E-state index < -0.39 is 11.7 Å². The second-order valence-corrected chi connectivity index (χ2v) is 10.9. The number of methoxy groups -OCH3 is 3. The second-order valence-electron chi connectivity index (χ2n) is 10.9. The molecule has 0 unspecified atom stereocenters. The van der Waals surface area contributed by atoms with Crippen molar-refractivity contribution < 1.29 is 28.2 Å². The maximum absolute atomic E-state index is 13.6. The fourth-order valence-corrected chi connectivity index (χ4v) is 5.57. The third-order valence-corrected chi connectivity index (χ3v) is 7.99. The molecule has 1 amide bonds. The maximum atomic E-state index is 13.6. The summed E-state index contributed by atoms with van der Waals surface area (Å²) in [6.45, 7) is 2.98. The first-order valence-electron chi connectivity index (χ1n) is 14.7. The molecule has 1 aliphatic rings. The molecule has 1 N–H and O–H groups in total. The van der Waals surface area contributed by atoms with Crippen LogP contribution in [0, 0.1) is 5.82 Å². The number of carbonyl (C=O) groups is 2. The van der Waals surface area contributed by atoms with Crippen LogP contribution in [0.25, 0.3) is 0 Å². The SMILES string of the molecule is COc1cc2c(cc1OC)CN(CCCCc1ccc(NC(=O)c3cc(C(=O)c4cccc(F)c4)ccc3OC)cc1)CC2. The van der Waals surface area contributed by atoms with E-state index in [1.54, 1.807) is 32.4 Å². The topological polar surface area (TPSA) is 77.1 Å². The molecule has 0 spiro atoms. The Hall–Kier alpha value is -4.69. The highest BCUT2D eigenvalue weighted by Gasteiger charge is 2.20. The summed E-state index contributed by atoms with van der Waals surface area (Å²) in [5.74, 6) is 0.622. The van der Waals surface area contributed by atoms with Gasteiger partial charge < -0.3 is 19.5 Å². The average Bonchev–Trinajstić information content (AvgIpc) is 3.06. The zero-order chi connectivity index (χ0) is 31.1. The summed E-state index contributed by atoms with van der Waals surface area (Å²) in [6, 6.07) is 22.1. The number of aryl methyl sites for hydroxylation is 1. The van der Waals surface area contributed by atoms with Gasteiger partial charge in [-0.25, -0.2) is 4.39 Å². The van der Waals surface area contributed by atoms with Gasteiger partial charge in [-0.05, 0) is 104 Å². The fraction of sp³-hybridized carbons (Fsp3) is 0.278. The number of carbonyl (C=O) groups excluding carboxylic acids is 2. The Morgan fingerprint density at radius 2 is 1.50 bits per heavy atom. The van der Waals surface area contributed by atoms with Crippen molar-refractivity contribution in [3.8, 4) is 17.2 Å². The molecule has 0 atom stereocenters. The number of ether oxygens (including phenoxy) is 3. The van der Waals surface area contributed by atoms with Crippen LogP contribution in [0.5, 0.6) is 17.2 Å². The Bertz CT molecular complexity index is 1640. The molecule has 0 bridgehead atoms. The predicted octanol–water partition coefficient (Wildman–Crippen LogP) is 6.72. The molecule has 5 rings (SSSR count). The summed E-state index contributed by atoms with van der Waals surface area (Å²) in [5, 5.41) is 2.90. The van der Waals surface area contributed by atoms with Crippen molar-refractivity contribution in [3.63, 3.8) is 0 Å². The molecule has 4 aromatic carbocycles. The number of fused-ring (bicyclic) bond motifs is 1. The standard InChI is InChI=1S/C36H37FN2O5/c1-42-32-15-12-27(35(40)26-8-6-9-29(37)19-26)20-31(32)36(41)38-30-13-10-24(11-14-30)7-4-5-17-39-18-16-25-21-33(43-2)34(44-3)22-28(25)23-39/h6,8-15,19-22H,4-5,7,16-18,23H2,1-3H3,(H,38,41). The summed E-state index contributed by atoms with van der Waals surface area (Å²) in [6.07, 6.45) is 4.10. The van der Waals surface area contributed by atoms with Crippen LogP contribution in [-0.2, 0) is 19.4 Å². The number of ketones is 1. The lowest BCUT2D eigenvalue weighted by Gasteiger charge is -2.29. The molecule has 1 aliphatic heterocycles. The number of hydrogen-bond donors (Lipinski definition) is 1.